The van der Waals surface area contributed by atoms with Gasteiger partial charge in [-0.25, -0.2) is 0 Å². The van der Waals surface area contributed by atoms with Crippen molar-refractivity contribution in [3.8, 4) is 22.3 Å². The lowest BCUT2D eigenvalue weighted by molar-refractivity contribution is 0.498. The van der Waals surface area contributed by atoms with Crippen LogP contribution in [0.1, 0.15) is 37.5 Å². The van der Waals surface area contributed by atoms with Crippen molar-refractivity contribution >= 4 is 6.08 Å². The summed E-state index contributed by atoms with van der Waals surface area (Å²) < 4.78 is 0. The summed E-state index contributed by atoms with van der Waals surface area (Å²) in [6.07, 6.45) is 3.51. The van der Waals surface area contributed by atoms with Gasteiger partial charge in [0.25, 0.3) is 0 Å². The van der Waals surface area contributed by atoms with Crippen LogP contribution in [0.2, 0.25) is 0 Å². The van der Waals surface area contributed by atoms with Crippen molar-refractivity contribution in [1.82, 2.24) is 0 Å². The highest BCUT2D eigenvalue weighted by Crippen LogP contribution is 2.43. The molecule has 130 valence electrons. The van der Waals surface area contributed by atoms with Crippen molar-refractivity contribution in [2.45, 2.75) is 34.1 Å². The Bertz CT molecular complexity index is 982. The number of allylic oxidation sites excluding steroid dienone is 1. The standard InChI is InChI=1S/C26H26/c1-18-14-15-20-16-21(26(2,3)4)17-24(20)25(18)23-13-9-8-12-22(23)19-10-6-5-7-11-19/h5-15,17H,16H2,1-4H3. The third-order valence-electron chi connectivity index (χ3n) is 5.49. The number of aryl methyl sites for hydroxylation is 1. The van der Waals surface area contributed by atoms with E-state index in [2.05, 4.69) is 101 Å². The Morgan fingerprint density at radius 3 is 2.08 bits per heavy atom. The molecule has 0 fully saturated rings. The zero-order valence-corrected chi connectivity index (χ0v) is 16.1. The van der Waals surface area contributed by atoms with Gasteiger partial charge in [-0.1, -0.05) is 99.2 Å². The van der Waals surface area contributed by atoms with E-state index >= 15 is 0 Å². The van der Waals surface area contributed by atoms with Gasteiger partial charge in [0, 0.05) is 0 Å². The van der Waals surface area contributed by atoms with Crippen LogP contribution in [0.25, 0.3) is 28.3 Å². The summed E-state index contributed by atoms with van der Waals surface area (Å²) in [6, 6.07) is 24.1. The molecule has 0 spiro atoms. The lowest BCUT2D eigenvalue weighted by Crippen LogP contribution is -2.08. The average molecular weight is 338 g/mol. The van der Waals surface area contributed by atoms with Gasteiger partial charge in [-0.3, -0.25) is 0 Å². The summed E-state index contributed by atoms with van der Waals surface area (Å²) in [5, 5.41) is 0. The van der Waals surface area contributed by atoms with Gasteiger partial charge in [0.2, 0.25) is 0 Å². The largest absolute Gasteiger partial charge is 0.0622 e. The number of hydrogen-bond donors (Lipinski definition) is 0. The molecule has 0 heterocycles. The zero-order chi connectivity index (χ0) is 18.3. The first-order valence-corrected chi connectivity index (χ1v) is 9.43. The predicted molar refractivity (Wildman–Crippen MR) is 113 cm³/mol. The van der Waals surface area contributed by atoms with E-state index in [1.807, 2.05) is 0 Å². The van der Waals surface area contributed by atoms with Gasteiger partial charge in [0.15, 0.2) is 0 Å². The van der Waals surface area contributed by atoms with Gasteiger partial charge >= 0.3 is 0 Å². The van der Waals surface area contributed by atoms with Gasteiger partial charge in [-0.05, 0) is 57.7 Å². The summed E-state index contributed by atoms with van der Waals surface area (Å²) in [7, 11) is 0. The lowest BCUT2D eigenvalue weighted by atomic mass is 9.85. The number of benzene rings is 3. The molecule has 0 radical (unpaired) electrons. The quantitative estimate of drug-likeness (QED) is 0.459. The van der Waals surface area contributed by atoms with E-state index in [4.69, 9.17) is 0 Å². The molecule has 1 aliphatic rings. The summed E-state index contributed by atoms with van der Waals surface area (Å²) >= 11 is 0. The van der Waals surface area contributed by atoms with Crippen molar-refractivity contribution in [3.63, 3.8) is 0 Å². The van der Waals surface area contributed by atoms with Crippen molar-refractivity contribution < 1.29 is 0 Å². The van der Waals surface area contributed by atoms with Crippen LogP contribution in [0.4, 0.5) is 0 Å². The summed E-state index contributed by atoms with van der Waals surface area (Å²) in [6.45, 7) is 9.18. The highest BCUT2D eigenvalue weighted by Gasteiger charge is 2.26. The van der Waals surface area contributed by atoms with E-state index in [0.717, 1.165) is 6.42 Å². The average Bonchev–Trinajstić information content (AvgIpc) is 3.07. The van der Waals surface area contributed by atoms with Crippen LogP contribution in [0, 0.1) is 12.3 Å². The normalized spacial score (nSPS) is 13.5. The van der Waals surface area contributed by atoms with Gasteiger partial charge in [0.1, 0.15) is 0 Å². The summed E-state index contributed by atoms with van der Waals surface area (Å²) in [4.78, 5) is 0. The van der Waals surface area contributed by atoms with Crippen molar-refractivity contribution in [2.75, 3.05) is 0 Å². The molecule has 3 aromatic rings. The van der Waals surface area contributed by atoms with Gasteiger partial charge in [-0.2, -0.15) is 0 Å². The first-order chi connectivity index (χ1) is 12.4. The maximum atomic E-state index is 2.44. The monoisotopic (exact) mass is 338 g/mol. The fourth-order valence-electron chi connectivity index (χ4n) is 3.93. The molecular weight excluding hydrogens is 312 g/mol. The van der Waals surface area contributed by atoms with E-state index in [-0.39, 0.29) is 5.41 Å². The first kappa shape index (κ1) is 16.8. The molecule has 4 rings (SSSR count). The summed E-state index contributed by atoms with van der Waals surface area (Å²) in [5.74, 6) is 0. The maximum Gasteiger partial charge on any atom is -0.00523 e. The highest BCUT2D eigenvalue weighted by molar-refractivity contribution is 5.91. The van der Waals surface area contributed by atoms with Crippen LogP contribution in [-0.4, -0.2) is 0 Å². The second-order valence-electron chi connectivity index (χ2n) is 8.34. The number of fused-ring (bicyclic) bond motifs is 1. The Kier molecular flexibility index (Phi) is 4.07. The third-order valence-corrected chi connectivity index (χ3v) is 5.49. The molecule has 0 aliphatic heterocycles. The molecule has 0 N–H and O–H groups in total. The van der Waals surface area contributed by atoms with Crippen LogP contribution < -0.4 is 0 Å². The Hall–Kier alpha value is -2.60. The molecule has 0 unspecified atom stereocenters. The number of rotatable bonds is 2. The molecule has 0 bridgehead atoms. The SMILES string of the molecule is Cc1ccc2c(c1-c1ccccc1-c1ccccc1)C=C(C(C)(C)C)C2. The fraction of sp³-hybridized carbons (Fsp3) is 0.231. The highest BCUT2D eigenvalue weighted by atomic mass is 14.3. The third kappa shape index (κ3) is 2.90. The van der Waals surface area contributed by atoms with Gasteiger partial charge < -0.3 is 0 Å². The lowest BCUT2D eigenvalue weighted by Gasteiger charge is -2.19. The van der Waals surface area contributed by atoms with Gasteiger partial charge in [-0.15, -0.1) is 0 Å². The molecule has 3 aromatic carbocycles. The molecule has 0 amide bonds. The van der Waals surface area contributed by atoms with Crippen LogP contribution in [-0.2, 0) is 6.42 Å². The van der Waals surface area contributed by atoms with Crippen molar-refractivity contribution in [1.29, 1.82) is 0 Å². The van der Waals surface area contributed by atoms with Gasteiger partial charge in [0.05, 0.1) is 0 Å². The van der Waals surface area contributed by atoms with Crippen LogP contribution in [0.5, 0.6) is 0 Å². The van der Waals surface area contributed by atoms with Crippen molar-refractivity contribution in [2.24, 2.45) is 5.41 Å². The molecule has 0 atom stereocenters. The topological polar surface area (TPSA) is 0 Å². The summed E-state index contributed by atoms with van der Waals surface area (Å²) in [5.41, 5.74) is 11.3. The molecule has 0 nitrogen and oxygen atoms in total. The molecular formula is C26H26. The zero-order valence-electron chi connectivity index (χ0n) is 16.1. The Morgan fingerprint density at radius 2 is 1.38 bits per heavy atom. The Labute approximate surface area is 157 Å². The van der Waals surface area contributed by atoms with E-state index < -0.39 is 0 Å². The Balaban J connectivity index is 1.95. The maximum absolute atomic E-state index is 2.44. The van der Waals surface area contributed by atoms with E-state index in [1.165, 1.54) is 44.5 Å². The molecule has 0 aromatic heterocycles. The van der Waals surface area contributed by atoms with Crippen LogP contribution >= 0.6 is 0 Å². The second-order valence-corrected chi connectivity index (χ2v) is 8.34. The van der Waals surface area contributed by atoms with Crippen LogP contribution in [0.15, 0.2) is 72.3 Å². The Morgan fingerprint density at radius 1 is 0.731 bits per heavy atom. The van der Waals surface area contributed by atoms with E-state index in [0.29, 0.717) is 0 Å². The van der Waals surface area contributed by atoms with Crippen molar-refractivity contribution in [3.05, 3.63) is 89.0 Å². The molecule has 0 saturated heterocycles. The van der Waals surface area contributed by atoms with E-state index in [9.17, 15) is 0 Å². The molecule has 1 aliphatic carbocycles. The second kappa shape index (κ2) is 6.29. The molecule has 0 heteroatoms. The van der Waals surface area contributed by atoms with E-state index in [1.54, 1.807) is 0 Å². The minimum absolute atomic E-state index is 0.211. The minimum atomic E-state index is 0.211. The predicted octanol–water partition coefficient (Wildman–Crippen LogP) is 7.31. The molecule has 26 heavy (non-hydrogen) atoms. The minimum Gasteiger partial charge on any atom is -0.0622 e. The first-order valence-electron chi connectivity index (χ1n) is 9.43. The smallest absolute Gasteiger partial charge is 0.00523 e. The number of hydrogen-bond acceptors (Lipinski definition) is 0. The molecule has 0 saturated carbocycles. The van der Waals surface area contributed by atoms with Crippen LogP contribution in [0.3, 0.4) is 0 Å². The fourth-order valence-corrected chi connectivity index (χ4v) is 3.93.